The van der Waals surface area contributed by atoms with Crippen LogP contribution in [0.25, 0.3) is 0 Å². The molecule has 0 amide bonds. The van der Waals surface area contributed by atoms with Gasteiger partial charge >= 0.3 is 11.9 Å². The zero-order valence-electron chi connectivity index (χ0n) is 12.7. The number of carbonyl (C=O) groups is 2. The average Bonchev–Trinajstić information content (AvgIpc) is 2.42. The number of aryl methyl sites for hydroxylation is 3. The van der Waals surface area contributed by atoms with Crippen molar-refractivity contribution in [2.75, 3.05) is 14.2 Å². The molecule has 0 radical (unpaired) electrons. The van der Waals surface area contributed by atoms with Crippen molar-refractivity contribution in [3.8, 4) is 0 Å². The van der Waals surface area contributed by atoms with Crippen LogP contribution in [0.3, 0.4) is 0 Å². The van der Waals surface area contributed by atoms with Crippen LogP contribution in [0.5, 0.6) is 0 Å². The van der Waals surface area contributed by atoms with Crippen LogP contribution in [0.1, 0.15) is 16.7 Å². The van der Waals surface area contributed by atoms with Crippen molar-refractivity contribution >= 4 is 34.4 Å². The highest BCUT2D eigenvalue weighted by Crippen LogP contribution is 2.27. The predicted octanol–water partition coefficient (Wildman–Crippen LogP) is 2.84. The number of methoxy groups -OCH3 is 2. The fraction of sp³-hybridized carbons (Fsp3) is 0.400. The molecule has 0 N–H and O–H groups in total. The summed E-state index contributed by atoms with van der Waals surface area (Å²) in [6.45, 7) is 5.74. The third-order valence-corrected chi connectivity index (χ3v) is 3.27. The Bertz CT molecular complexity index is 556. The summed E-state index contributed by atoms with van der Waals surface area (Å²) < 4.78 is 9.14. The van der Waals surface area contributed by atoms with E-state index in [9.17, 15) is 9.59 Å². The summed E-state index contributed by atoms with van der Waals surface area (Å²) in [5.41, 5.74) is 3.53. The van der Waals surface area contributed by atoms with E-state index in [-0.39, 0.29) is 5.17 Å². The lowest BCUT2D eigenvalue weighted by atomic mass is 10.1. The van der Waals surface area contributed by atoms with Crippen molar-refractivity contribution in [2.45, 2.75) is 20.8 Å². The number of halogens is 1. The van der Waals surface area contributed by atoms with Gasteiger partial charge in [0.15, 0.2) is 0 Å². The van der Waals surface area contributed by atoms with Gasteiger partial charge in [-0.2, -0.15) is 0 Å². The monoisotopic (exact) mass is 311 g/mol. The van der Waals surface area contributed by atoms with Crippen LogP contribution in [0.4, 0.5) is 5.69 Å². The molecule has 0 aliphatic heterocycles. The maximum absolute atomic E-state index is 11.7. The SMILES string of the molecule is COC(=O)C(C(=O)OC)C(Cl)=Nc1c(C)cc(C)cc1C. The summed E-state index contributed by atoms with van der Waals surface area (Å²) in [7, 11) is 2.34. The lowest BCUT2D eigenvalue weighted by Gasteiger charge is -2.12. The quantitative estimate of drug-likeness (QED) is 0.487. The van der Waals surface area contributed by atoms with Crippen molar-refractivity contribution in [1.82, 2.24) is 0 Å². The van der Waals surface area contributed by atoms with Crippen LogP contribution < -0.4 is 0 Å². The molecule has 0 spiro atoms. The molecule has 5 nitrogen and oxygen atoms in total. The normalized spacial score (nSPS) is 11.5. The van der Waals surface area contributed by atoms with E-state index < -0.39 is 17.9 Å². The number of aliphatic imine (C=N–C) groups is 1. The first kappa shape index (κ1) is 17.2. The van der Waals surface area contributed by atoms with Gasteiger partial charge in [-0.1, -0.05) is 29.3 Å². The second-order valence-electron chi connectivity index (χ2n) is 4.66. The highest BCUT2D eigenvalue weighted by molar-refractivity contribution is 6.69. The Labute approximate surface area is 128 Å². The molecule has 1 aromatic rings. The van der Waals surface area contributed by atoms with Gasteiger partial charge in [0.1, 0.15) is 5.17 Å². The summed E-state index contributed by atoms with van der Waals surface area (Å²) in [6.07, 6.45) is 0. The van der Waals surface area contributed by atoms with E-state index in [1.807, 2.05) is 32.9 Å². The Morgan fingerprint density at radius 1 is 1.05 bits per heavy atom. The molecule has 0 aliphatic carbocycles. The molecule has 0 atom stereocenters. The van der Waals surface area contributed by atoms with Gasteiger partial charge < -0.3 is 9.47 Å². The summed E-state index contributed by atoms with van der Waals surface area (Å²) in [4.78, 5) is 27.6. The van der Waals surface area contributed by atoms with E-state index in [2.05, 4.69) is 14.5 Å². The molecule has 1 aromatic carbocycles. The van der Waals surface area contributed by atoms with Gasteiger partial charge in [0.05, 0.1) is 19.9 Å². The van der Waals surface area contributed by atoms with Gasteiger partial charge in [0, 0.05) is 0 Å². The molecule has 0 saturated heterocycles. The fourth-order valence-electron chi connectivity index (χ4n) is 2.05. The van der Waals surface area contributed by atoms with Gasteiger partial charge in [-0.15, -0.1) is 0 Å². The van der Waals surface area contributed by atoms with E-state index in [0.29, 0.717) is 5.69 Å². The van der Waals surface area contributed by atoms with Gasteiger partial charge in [-0.25, -0.2) is 4.99 Å². The van der Waals surface area contributed by atoms with Crippen molar-refractivity contribution in [3.05, 3.63) is 28.8 Å². The molecule has 6 heteroatoms. The van der Waals surface area contributed by atoms with E-state index in [1.54, 1.807) is 0 Å². The van der Waals surface area contributed by atoms with Crippen LogP contribution in [0.2, 0.25) is 0 Å². The fourth-order valence-corrected chi connectivity index (χ4v) is 2.31. The molecule has 0 heterocycles. The number of hydrogen-bond acceptors (Lipinski definition) is 5. The van der Waals surface area contributed by atoms with Gasteiger partial charge in [0.2, 0.25) is 5.92 Å². The molecule has 0 aromatic heterocycles. The molecule has 1 rings (SSSR count). The van der Waals surface area contributed by atoms with Crippen molar-refractivity contribution in [1.29, 1.82) is 0 Å². The maximum atomic E-state index is 11.7. The zero-order chi connectivity index (χ0) is 16.2. The third-order valence-electron chi connectivity index (χ3n) is 2.97. The average molecular weight is 312 g/mol. The van der Waals surface area contributed by atoms with Crippen LogP contribution in [-0.4, -0.2) is 31.3 Å². The van der Waals surface area contributed by atoms with Gasteiger partial charge in [-0.3, -0.25) is 9.59 Å². The minimum Gasteiger partial charge on any atom is -0.468 e. The highest BCUT2D eigenvalue weighted by Gasteiger charge is 2.33. The van der Waals surface area contributed by atoms with Crippen molar-refractivity contribution in [2.24, 2.45) is 10.9 Å². The topological polar surface area (TPSA) is 65.0 Å². The molecule has 0 unspecified atom stereocenters. The van der Waals surface area contributed by atoms with Crippen LogP contribution in [0, 0.1) is 26.7 Å². The largest absolute Gasteiger partial charge is 0.468 e. The van der Waals surface area contributed by atoms with E-state index in [0.717, 1.165) is 16.7 Å². The number of esters is 2. The van der Waals surface area contributed by atoms with Gasteiger partial charge in [0.25, 0.3) is 0 Å². The number of carbonyl (C=O) groups excluding carboxylic acids is 2. The zero-order valence-corrected chi connectivity index (χ0v) is 13.4. The van der Waals surface area contributed by atoms with E-state index >= 15 is 0 Å². The Hall–Kier alpha value is -1.88. The molecular weight excluding hydrogens is 294 g/mol. The number of hydrogen-bond donors (Lipinski definition) is 0. The summed E-state index contributed by atoms with van der Waals surface area (Å²) in [5.74, 6) is -2.99. The first-order valence-corrected chi connectivity index (χ1v) is 6.67. The summed E-state index contributed by atoms with van der Waals surface area (Å²) in [6, 6.07) is 3.89. The first-order chi connectivity index (χ1) is 9.81. The molecule has 0 bridgehead atoms. The van der Waals surface area contributed by atoms with Crippen molar-refractivity contribution in [3.63, 3.8) is 0 Å². The molecule has 21 heavy (non-hydrogen) atoms. The molecule has 114 valence electrons. The molecular formula is C15H18ClNO4. The lowest BCUT2D eigenvalue weighted by molar-refractivity contribution is -0.154. The molecule has 0 aliphatic rings. The Kier molecular flexibility index (Phi) is 5.90. The molecule has 0 saturated carbocycles. The van der Waals surface area contributed by atoms with Crippen LogP contribution in [-0.2, 0) is 19.1 Å². The Morgan fingerprint density at radius 2 is 1.48 bits per heavy atom. The number of ether oxygens (including phenoxy) is 2. The lowest BCUT2D eigenvalue weighted by Crippen LogP contribution is -2.31. The standard InChI is InChI=1S/C15H18ClNO4/c1-8-6-9(2)12(10(3)7-8)17-13(16)11(14(18)20-4)15(19)21-5/h6-7,11H,1-5H3. The predicted molar refractivity (Wildman–Crippen MR) is 81.1 cm³/mol. The highest BCUT2D eigenvalue weighted by atomic mass is 35.5. The summed E-state index contributed by atoms with van der Waals surface area (Å²) in [5, 5.41) is -0.177. The van der Waals surface area contributed by atoms with Crippen LogP contribution in [0.15, 0.2) is 17.1 Å². The minimum absolute atomic E-state index is 0.177. The number of rotatable bonds is 4. The first-order valence-electron chi connectivity index (χ1n) is 6.29. The second-order valence-corrected chi connectivity index (χ2v) is 5.05. The van der Waals surface area contributed by atoms with E-state index in [1.165, 1.54) is 14.2 Å². The van der Waals surface area contributed by atoms with E-state index in [4.69, 9.17) is 11.6 Å². The van der Waals surface area contributed by atoms with Crippen LogP contribution >= 0.6 is 11.6 Å². The number of nitrogens with zero attached hydrogens (tertiary/aromatic N) is 1. The molecule has 0 fully saturated rings. The second kappa shape index (κ2) is 7.22. The third kappa shape index (κ3) is 4.04. The smallest absolute Gasteiger partial charge is 0.327 e. The Balaban J connectivity index is 3.29. The summed E-state index contributed by atoms with van der Waals surface area (Å²) >= 11 is 6.06. The maximum Gasteiger partial charge on any atom is 0.327 e. The van der Waals surface area contributed by atoms with Crippen molar-refractivity contribution < 1.29 is 19.1 Å². The number of benzene rings is 1. The minimum atomic E-state index is -1.37. The van der Waals surface area contributed by atoms with Gasteiger partial charge in [-0.05, 0) is 31.9 Å². The Morgan fingerprint density at radius 3 is 1.86 bits per heavy atom.